The fourth-order valence-electron chi connectivity index (χ4n) is 1.64. The molecule has 2 amide bonds. The molecule has 0 fully saturated rings. The predicted octanol–water partition coefficient (Wildman–Crippen LogP) is 2.10. The van der Waals surface area contributed by atoms with Crippen LogP contribution in [0.25, 0.3) is 0 Å². The van der Waals surface area contributed by atoms with Crippen molar-refractivity contribution in [3.05, 3.63) is 60.2 Å². The number of benzene rings is 1. The first-order valence-corrected chi connectivity index (χ1v) is 6.99. The van der Waals surface area contributed by atoms with E-state index in [0.29, 0.717) is 12.3 Å². The molecular formula is C17H16FN3O2. The van der Waals surface area contributed by atoms with Gasteiger partial charge in [-0.3, -0.25) is 4.98 Å². The van der Waals surface area contributed by atoms with Crippen LogP contribution in [0.4, 0.5) is 9.18 Å². The quantitative estimate of drug-likeness (QED) is 0.831. The number of amides is 2. The number of ether oxygens (including phenoxy) is 1. The molecule has 0 atom stereocenters. The number of hydrogen-bond donors (Lipinski definition) is 2. The van der Waals surface area contributed by atoms with E-state index in [1.807, 2.05) is 0 Å². The zero-order valence-corrected chi connectivity index (χ0v) is 12.4. The van der Waals surface area contributed by atoms with Gasteiger partial charge in [0.1, 0.15) is 18.2 Å². The highest BCUT2D eigenvalue weighted by Crippen LogP contribution is 2.04. The molecule has 5 nitrogen and oxygen atoms in total. The SMILES string of the molecule is O=C(NCC#CCOc1cccnc1)NCc1ccc(F)cc1. The van der Waals surface area contributed by atoms with Gasteiger partial charge in [-0.15, -0.1) is 0 Å². The zero-order chi connectivity index (χ0) is 16.3. The number of carbonyl (C=O) groups is 1. The average Bonchev–Trinajstić information content (AvgIpc) is 2.58. The Hall–Kier alpha value is -3.07. The van der Waals surface area contributed by atoms with E-state index >= 15 is 0 Å². The maximum Gasteiger partial charge on any atom is 0.315 e. The highest BCUT2D eigenvalue weighted by atomic mass is 19.1. The van der Waals surface area contributed by atoms with Crippen LogP contribution < -0.4 is 15.4 Å². The molecule has 2 N–H and O–H groups in total. The average molecular weight is 313 g/mol. The largest absolute Gasteiger partial charge is 0.479 e. The number of nitrogens with zero attached hydrogens (tertiary/aromatic N) is 1. The van der Waals surface area contributed by atoms with Gasteiger partial charge in [-0.1, -0.05) is 24.0 Å². The minimum absolute atomic E-state index is 0.214. The van der Waals surface area contributed by atoms with Crippen molar-refractivity contribution in [1.29, 1.82) is 0 Å². The Morgan fingerprint density at radius 2 is 2.00 bits per heavy atom. The lowest BCUT2D eigenvalue weighted by Gasteiger charge is -2.05. The number of aromatic nitrogens is 1. The van der Waals surface area contributed by atoms with Crippen LogP contribution in [0.2, 0.25) is 0 Å². The van der Waals surface area contributed by atoms with Gasteiger partial charge in [0.2, 0.25) is 0 Å². The summed E-state index contributed by atoms with van der Waals surface area (Å²) in [5, 5.41) is 5.25. The number of hydrogen-bond acceptors (Lipinski definition) is 3. The number of pyridine rings is 1. The molecule has 0 aliphatic carbocycles. The standard InChI is InChI=1S/C17H16FN3O2/c18-15-7-5-14(6-8-15)12-21-17(22)20-10-1-2-11-23-16-4-3-9-19-13-16/h3-9,13H,10-12H2,(H2,20,21,22). The van der Waals surface area contributed by atoms with E-state index in [0.717, 1.165) is 5.56 Å². The van der Waals surface area contributed by atoms with Crippen LogP contribution in [0, 0.1) is 17.7 Å². The normalized spacial score (nSPS) is 9.43. The van der Waals surface area contributed by atoms with Crippen molar-refractivity contribution in [2.75, 3.05) is 13.2 Å². The molecule has 118 valence electrons. The van der Waals surface area contributed by atoms with Gasteiger partial charge in [-0.05, 0) is 29.8 Å². The molecule has 1 aromatic heterocycles. The monoisotopic (exact) mass is 313 g/mol. The second-order valence-electron chi connectivity index (χ2n) is 4.49. The first kappa shape index (κ1) is 16.3. The van der Waals surface area contributed by atoms with Crippen LogP contribution in [0.1, 0.15) is 5.56 Å². The summed E-state index contributed by atoms with van der Waals surface area (Å²) in [5.74, 6) is 5.90. The van der Waals surface area contributed by atoms with Crippen molar-refractivity contribution in [2.24, 2.45) is 0 Å². The summed E-state index contributed by atoms with van der Waals surface area (Å²) < 4.78 is 18.1. The van der Waals surface area contributed by atoms with Gasteiger partial charge in [0, 0.05) is 12.7 Å². The van der Waals surface area contributed by atoms with Crippen LogP contribution in [0.5, 0.6) is 5.75 Å². The van der Waals surface area contributed by atoms with Crippen molar-refractivity contribution >= 4 is 6.03 Å². The molecule has 0 unspecified atom stereocenters. The van der Waals surface area contributed by atoms with Crippen LogP contribution in [-0.4, -0.2) is 24.2 Å². The van der Waals surface area contributed by atoms with Gasteiger partial charge in [-0.2, -0.15) is 0 Å². The first-order chi connectivity index (χ1) is 11.2. The molecule has 0 radical (unpaired) electrons. The third-order valence-corrected chi connectivity index (χ3v) is 2.77. The third kappa shape index (κ3) is 6.48. The highest BCUT2D eigenvalue weighted by molar-refractivity contribution is 5.74. The van der Waals surface area contributed by atoms with E-state index in [-0.39, 0.29) is 25.0 Å². The van der Waals surface area contributed by atoms with Gasteiger partial charge < -0.3 is 15.4 Å². The smallest absolute Gasteiger partial charge is 0.315 e. The van der Waals surface area contributed by atoms with Crippen molar-refractivity contribution in [3.63, 3.8) is 0 Å². The predicted molar refractivity (Wildman–Crippen MR) is 84.1 cm³/mol. The van der Waals surface area contributed by atoms with Crippen molar-refractivity contribution in [2.45, 2.75) is 6.54 Å². The van der Waals surface area contributed by atoms with Gasteiger partial charge >= 0.3 is 6.03 Å². The van der Waals surface area contributed by atoms with Gasteiger partial charge in [-0.25, -0.2) is 9.18 Å². The van der Waals surface area contributed by atoms with Gasteiger partial charge in [0.25, 0.3) is 0 Å². The van der Waals surface area contributed by atoms with Crippen LogP contribution >= 0.6 is 0 Å². The van der Waals surface area contributed by atoms with E-state index in [1.165, 1.54) is 12.1 Å². The number of halogens is 1. The van der Waals surface area contributed by atoms with Gasteiger partial charge in [0.05, 0.1) is 12.7 Å². The van der Waals surface area contributed by atoms with E-state index in [1.54, 1.807) is 36.7 Å². The second kappa shape index (κ2) is 9.05. The highest BCUT2D eigenvalue weighted by Gasteiger charge is 1.98. The molecule has 2 rings (SSSR count). The summed E-state index contributed by atoms with van der Waals surface area (Å²) in [7, 11) is 0. The fourth-order valence-corrected chi connectivity index (χ4v) is 1.64. The topological polar surface area (TPSA) is 63.2 Å². The fraction of sp³-hybridized carbons (Fsp3) is 0.176. The minimum Gasteiger partial charge on any atom is -0.479 e. The first-order valence-electron chi connectivity index (χ1n) is 6.99. The maximum atomic E-state index is 12.7. The number of urea groups is 1. The molecule has 1 heterocycles. The second-order valence-corrected chi connectivity index (χ2v) is 4.49. The molecular weight excluding hydrogens is 297 g/mol. The lowest BCUT2D eigenvalue weighted by Crippen LogP contribution is -2.35. The molecule has 0 spiro atoms. The number of carbonyl (C=O) groups excluding carboxylic acids is 1. The van der Waals surface area contributed by atoms with Crippen molar-refractivity contribution < 1.29 is 13.9 Å². The lowest BCUT2D eigenvalue weighted by atomic mass is 10.2. The van der Waals surface area contributed by atoms with Crippen LogP contribution in [0.3, 0.4) is 0 Å². The van der Waals surface area contributed by atoms with E-state index in [9.17, 15) is 9.18 Å². The van der Waals surface area contributed by atoms with Crippen molar-refractivity contribution in [3.8, 4) is 17.6 Å². The molecule has 6 heteroatoms. The number of rotatable bonds is 5. The molecule has 0 saturated heterocycles. The molecule has 23 heavy (non-hydrogen) atoms. The molecule has 0 saturated carbocycles. The Balaban J connectivity index is 1.59. The summed E-state index contributed by atoms with van der Waals surface area (Å²) in [6.45, 7) is 0.764. The zero-order valence-electron chi connectivity index (χ0n) is 12.4. The molecule has 0 aliphatic rings. The Bertz CT molecular complexity index is 678. The molecule has 1 aromatic carbocycles. The summed E-state index contributed by atoms with van der Waals surface area (Å²) >= 11 is 0. The van der Waals surface area contributed by atoms with Gasteiger partial charge in [0.15, 0.2) is 0 Å². The third-order valence-electron chi connectivity index (χ3n) is 2.77. The van der Waals surface area contributed by atoms with E-state index in [2.05, 4.69) is 27.5 Å². The minimum atomic E-state index is -0.336. The Labute approximate surface area is 133 Å². The van der Waals surface area contributed by atoms with E-state index < -0.39 is 0 Å². The Morgan fingerprint density at radius 1 is 1.17 bits per heavy atom. The summed E-state index contributed by atoms with van der Waals surface area (Å²) in [6, 6.07) is 9.16. The Morgan fingerprint density at radius 3 is 2.74 bits per heavy atom. The summed E-state index contributed by atoms with van der Waals surface area (Å²) in [5.41, 5.74) is 0.817. The molecule has 0 bridgehead atoms. The van der Waals surface area contributed by atoms with E-state index in [4.69, 9.17) is 4.74 Å². The maximum absolute atomic E-state index is 12.7. The Kier molecular flexibility index (Phi) is 6.42. The molecule has 0 aliphatic heterocycles. The van der Waals surface area contributed by atoms with Crippen molar-refractivity contribution in [1.82, 2.24) is 15.6 Å². The molecule has 2 aromatic rings. The summed E-state index contributed by atoms with van der Waals surface area (Å²) in [4.78, 5) is 15.4. The summed E-state index contributed by atoms with van der Waals surface area (Å²) in [6.07, 6.45) is 3.26. The van der Waals surface area contributed by atoms with Crippen LogP contribution in [-0.2, 0) is 6.54 Å². The lowest BCUT2D eigenvalue weighted by molar-refractivity contribution is 0.241. The number of nitrogens with one attached hydrogen (secondary N) is 2. The van der Waals surface area contributed by atoms with Crippen LogP contribution in [0.15, 0.2) is 48.8 Å².